The molecule has 0 radical (unpaired) electrons. The van der Waals surface area contributed by atoms with E-state index in [1.807, 2.05) is 72.8 Å². The fourth-order valence-electron chi connectivity index (χ4n) is 5.90. The summed E-state index contributed by atoms with van der Waals surface area (Å²) in [6.45, 7) is 0. The fourth-order valence-corrected chi connectivity index (χ4v) is 5.90. The zero-order valence-electron chi connectivity index (χ0n) is 18.8. The molecule has 1 nitrogen and oxygen atoms in total. The van der Waals surface area contributed by atoms with Crippen LogP contribution in [-0.4, -0.2) is 5.78 Å². The van der Waals surface area contributed by atoms with Gasteiger partial charge in [-0.2, -0.15) is 0 Å². The molecule has 0 amide bonds. The molecule has 162 valence electrons. The van der Waals surface area contributed by atoms with E-state index in [2.05, 4.69) is 72.8 Å². The Morgan fingerprint density at radius 1 is 0.324 bits per heavy atom. The lowest BCUT2D eigenvalue weighted by Gasteiger charge is -2.35. The average molecular weight is 437 g/mol. The van der Waals surface area contributed by atoms with Gasteiger partial charge in [0.2, 0.25) is 0 Å². The molecule has 1 aliphatic carbocycles. The molecule has 0 saturated carbocycles. The van der Waals surface area contributed by atoms with Gasteiger partial charge in [-0.25, -0.2) is 0 Å². The largest absolute Gasteiger partial charge is 0.296 e. The summed E-state index contributed by atoms with van der Waals surface area (Å²) < 4.78 is 0. The third-order valence-electron chi connectivity index (χ3n) is 7.24. The standard InChI is InChI=1S/C33H24O/c34-31-32(25-15-5-1-6-16-25,26-17-7-2-8-18-26)29-23-13-14-24-30(29)33(31,27-19-9-3-10-20-27)28-21-11-4-12-22-28/h1-24H. The highest BCUT2D eigenvalue weighted by Gasteiger charge is 2.62. The van der Waals surface area contributed by atoms with E-state index >= 15 is 4.79 Å². The number of hydrogen-bond donors (Lipinski definition) is 0. The predicted molar refractivity (Wildman–Crippen MR) is 137 cm³/mol. The van der Waals surface area contributed by atoms with Gasteiger partial charge in [-0.05, 0) is 33.4 Å². The van der Waals surface area contributed by atoms with E-state index in [0.717, 1.165) is 33.4 Å². The Labute approximate surface area is 200 Å². The first-order valence-corrected chi connectivity index (χ1v) is 11.7. The number of ketones is 1. The van der Waals surface area contributed by atoms with Gasteiger partial charge in [-0.15, -0.1) is 0 Å². The minimum atomic E-state index is -0.926. The Morgan fingerprint density at radius 2 is 0.559 bits per heavy atom. The Kier molecular flexibility index (Phi) is 4.78. The molecule has 0 aliphatic heterocycles. The predicted octanol–water partition coefficient (Wildman–Crippen LogP) is 6.94. The summed E-state index contributed by atoms with van der Waals surface area (Å²) in [5.74, 6) is 0.163. The quantitative estimate of drug-likeness (QED) is 0.298. The van der Waals surface area contributed by atoms with Crippen LogP contribution in [0, 0.1) is 0 Å². The number of carbonyl (C=O) groups is 1. The van der Waals surface area contributed by atoms with Gasteiger partial charge < -0.3 is 0 Å². The van der Waals surface area contributed by atoms with E-state index < -0.39 is 10.8 Å². The number of Topliss-reactive ketones (excluding diaryl/α,β-unsaturated/α-hetero) is 1. The summed E-state index contributed by atoms with van der Waals surface area (Å²) in [5, 5.41) is 0. The molecule has 0 bridgehead atoms. The van der Waals surface area contributed by atoms with Crippen molar-refractivity contribution in [2.75, 3.05) is 0 Å². The van der Waals surface area contributed by atoms with Crippen molar-refractivity contribution in [3.8, 4) is 0 Å². The molecule has 1 aliphatic rings. The van der Waals surface area contributed by atoms with Crippen molar-refractivity contribution in [2.45, 2.75) is 10.8 Å². The van der Waals surface area contributed by atoms with Crippen molar-refractivity contribution in [1.82, 2.24) is 0 Å². The second-order valence-corrected chi connectivity index (χ2v) is 8.84. The van der Waals surface area contributed by atoms with Crippen LogP contribution in [0.2, 0.25) is 0 Å². The minimum absolute atomic E-state index is 0.163. The lowest BCUT2D eigenvalue weighted by molar-refractivity contribution is -0.123. The van der Waals surface area contributed by atoms with Crippen LogP contribution in [0.1, 0.15) is 33.4 Å². The Balaban J connectivity index is 1.81. The summed E-state index contributed by atoms with van der Waals surface area (Å²) >= 11 is 0. The number of hydrogen-bond acceptors (Lipinski definition) is 1. The minimum Gasteiger partial charge on any atom is -0.296 e. The summed E-state index contributed by atoms with van der Waals surface area (Å²) in [6.07, 6.45) is 0. The highest BCUT2D eigenvalue weighted by Crippen LogP contribution is 2.58. The number of fused-ring (bicyclic) bond motifs is 1. The molecule has 0 spiro atoms. The first kappa shape index (κ1) is 20.4. The lowest BCUT2D eigenvalue weighted by atomic mass is 9.63. The summed E-state index contributed by atoms with van der Waals surface area (Å²) in [6, 6.07) is 49.4. The Bertz CT molecular complexity index is 1250. The molecular weight excluding hydrogens is 412 g/mol. The van der Waals surface area contributed by atoms with Crippen molar-refractivity contribution in [3.63, 3.8) is 0 Å². The maximum atomic E-state index is 15.4. The van der Waals surface area contributed by atoms with Crippen LogP contribution in [0.15, 0.2) is 146 Å². The topological polar surface area (TPSA) is 17.1 Å². The molecule has 5 aromatic carbocycles. The first-order valence-electron chi connectivity index (χ1n) is 11.7. The molecule has 0 heterocycles. The van der Waals surface area contributed by atoms with Crippen molar-refractivity contribution in [2.24, 2.45) is 0 Å². The van der Waals surface area contributed by atoms with Crippen molar-refractivity contribution >= 4 is 5.78 Å². The Morgan fingerprint density at radius 3 is 0.824 bits per heavy atom. The first-order chi connectivity index (χ1) is 16.8. The molecular formula is C33H24O. The van der Waals surface area contributed by atoms with Gasteiger partial charge in [0.1, 0.15) is 10.8 Å². The second-order valence-electron chi connectivity index (χ2n) is 8.84. The van der Waals surface area contributed by atoms with E-state index in [9.17, 15) is 0 Å². The van der Waals surface area contributed by atoms with Gasteiger partial charge in [0, 0.05) is 0 Å². The maximum Gasteiger partial charge on any atom is 0.171 e. The van der Waals surface area contributed by atoms with Crippen LogP contribution in [0.4, 0.5) is 0 Å². The van der Waals surface area contributed by atoms with Crippen LogP contribution in [-0.2, 0) is 15.6 Å². The van der Waals surface area contributed by atoms with E-state index in [1.165, 1.54) is 0 Å². The Hall–Kier alpha value is -4.23. The molecule has 0 aromatic heterocycles. The van der Waals surface area contributed by atoms with Crippen molar-refractivity contribution < 1.29 is 4.79 Å². The lowest BCUT2D eigenvalue weighted by Crippen LogP contribution is -2.44. The normalized spacial score (nSPS) is 15.6. The monoisotopic (exact) mass is 436 g/mol. The maximum absolute atomic E-state index is 15.4. The van der Waals surface area contributed by atoms with E-state index in [4.69, 9.17) is 0 Å². The molecule has 34 heavy (non-hydrogen) atoms. The van der Waals surface area contributed by atoms with Crippen molar-refractivity contribution in [3.05, 3.63) is 179 Å². The molecule has 6 rings (SSSR count). The smallest absolute Gasteiger partial charge is 0.171 e. The van der Waals surface area contributed by atoms with Gasteiger partial charge in [0.15, 0.2) is 5.78 Å². The van der Waals surface area contributed by atoms with Gasteiger partial charge in [-0.1, -0.05) is 146 Å². The summed E-state index contributed by atoms with van der Waals surface area (Å²) in [4.78, 5) is 15.4. The van der Waals surface area contributed by atoms with Crippen LogP contribution in [0.5, 0.6) is 0 Å². The number of rotatable bonds is 4. The van der Waals surface area contributed by atoms with Crippen LogP contribution < -0.4 is 0 Å². The van der Waals surface area contributed by atoms with Crippen molar-refractivity contribution in [1.29, 1.82) is 0 Å². The van der Waals surface area contributed by atoms with Crippen LogP contribution >= 0.6 is 0 Å². The zero-order chi connectivity index (χ0) is 23.0. The van der Waals surface area contributed by atoms with Crippen LogP contribution in [0.25, 0.3) is 0 Å². The fraction of sp³-hybridized carbons (Fsp3) is 0.0606. The van der Waals surface area contributed by atoms with E-state index in [0.29, 0.717) is 0 Å². The molecule has 0 fully saturated rings. The van der Waals surface area contributed by atoms with Crippen LogP contribution in [0.3, 0.4) is 0 Å². The molecule has 0 N–H and O–H groups in total. The third kappa shape index (κ3) is 2.64. The van der Waals surface area contributed by atoms with Gasteiger partial charge in [-0.3, -0.25) is 4.79 Å². The number of benzene rings is 5. The molecule has 1 heteroatoms. The molecule has 0 atom stereocenters. The molecule has 0 unspecified atom stereocenters. The van der Waals surface area contributed by atoms with E-state index in [1.54, 1.807) is 0 Å². The van der Waals surface area contributed by atoms with Gasteiger partial charge in [0.25, 0.3) is 0 Å². The summed E-state index contributed by atoms with van der Waals surface area (Å²) in [5.41, 5.74) is 4.21. The third-order valence-corrected chi connectivity index (χ3v) is 7.24. The highest BCUT2D eigenvalue weighted by atomic mass is 16.1. The average Bonchev–Trinajstić information content (AvgIpc) is 3.17. The highest BCUT2D eigenvalue weighted by molar-refractivity contribution is 6.13. The second kappa shape index (κ2) is 7.97. The van der Waals surface area contributed by atoms with Gasteiger partial charge >= 0.3 is 0 Å². The summed E-state index contributed by atoms with van der Waals surface area (Å²) in [7, 11) is 0. The zero-order valence-corrected chi connectivity index (χ0v) is 18.8. The van der Waals surface area contributed by atoms with Gasteiger partial charge in [0.05, 0.1) is 0 Å². The SMILES string of the molecule is O=C1C(c2ccccc2)(c2ccccc2)c2ccccc2C1(c1ccccc1)c1ccccc1. The number of carbonyl (C=O) groups excluding carboxylic acids is 1. The van der Waals surface area contributed by atoms with E-state index in [-0.39, 0.29) is 5.78 Å². The molecule has 5 aromatic rings. The molecule has 0 saturated heterocycles.